The van der Waals surface area contributed by atoms with E-state index < -0.39 is 11.7 Å². The highest BCUT2D eigenvalue weighted by atomic mass is 35.5. The van der Waals surface area contributed by atoms with Crippen LogP contribution in [0.2, 0.25) is 5.02 Å². The number of hydrogen-bond acceptors (Lipinski definition) is 5. The molecule has 9 heteroatoms. The number of imidazole rings is 1. The van der Waals surface area contributed by atoms with E-state index in [-0.39, 0.29) is 22.5 Å². The molecule has 3 aromatic rings. The Morgan fingerprint density at radius 2 is 2.14 bits per heavy atom. The van der Waals surface area contributed by atoms with Gasteiger partial charge in [-0.05, 0) is 30.5 Å². The monoisotopic (exact) mass is 398 g/mol. The standard InChI is InChI=1S/C19H16ClFN6O/c20-15-6-16(21)14(19(28)25-12-1-2-12)5-13(15)11-7-24-27(9-11)18-10-26-4-3-22-17(26)8-23-18/h3-8,10-12H,1-2,9H2,(H,25,28). The number of nitrogens with one attached hydrogen (secondary N) is 1. The maximum atomic E-state index is 14.3. The molecule has 1 aliphatic heterocycles. The third-order valence-electron chi connectivity index (χ3n) is 4.93. The summed E-state index contributed by atoms with van der Waals surface area (Å²) in [6.45, 7) is 0.488. The zero-order valence-corrected chi connectivity index (χ0v) is 15.5. The summed E-state index contributed by atoms with van der Waals surface area (Å²) in [4.78, 5) is 20.9. The van der Waals surface area contributed by atoms with Crippen molar-refractivity contribution >= 4 is 35.2 Å². The number of aromatic nitrogens is 3. The molecule has 142 valence electrons. The van der Waals surface area contributed by atoms with E-state index in [2.05, 4.69) is 20.4 Å². The van der Waals surface area contributed by atoms with Crippen molar-refractivity contribution in [2.75, 3.05) is 11.6 Å². The Labute approximate surface area is 164 Å². The van der Waals surface area contributed by atoms with Gasteiger partial charge in [-0.3, -0.25) is 4.79 Å². The van der Waals surface area contributed by atoms with Gasteiger partial charge in [0.1, 0.15) is 5.82 Å². The number of carbonyl (C=O) groups excluding carboxylic acids is 1. The Kier molecular flexibility index (Phi) is 4.01. The smallest absolute Gasteiger partial charge is 0.254 e. The molecule has 2 aliphatic rings. The fourth-order valence-electron chi connectivity index (χ4n) is 3.24. The highest BCUT2D eigenvalue weighted by molar-refractivity contribution is 6.31. The molecule has 7 nitrogen and oxygen atoms in total. The number of anilines is 1. The van der Waals surface area contributed by atoms with Gasteiger partial charge in [-0.2, -0.15) is 5.10 Å². The van der Waals surface area contributed by atoms with Gasteiger partial charge in [0.05, 0.1) is 24.5 Å². The number of benzene rings is 1. The van der Waals surface area contributed by atoms with Crippen LogP contribution < -0.4 is 10.3 Å². The van der Waals surface area contributed by atoms with Gasteiger partial charge in [-0.15, -0.1) is 0 Å². The summed E-state index contributed by atoms with van der Waals surface area (Å²) >= 11 is 6.28. The predicted molar refractivity (Wildman–Crippen MR) is 103 cm³/mol. The van der Waals surface area contributed by atoms with Crippen LogP contribution >= 0.6 is 11.6 Å². The molecular weight excluding hydrogens is 383 g/mol. The molecule has 1 unspecified atom stereocenters. The van der Waals surface area contributed by atoms with Crippen molar-refractivity contribution in [3.8, 4) is 0 Å². The van der Waals surface area contributed by atoms with Crippen LogP contribution in [0.3, 0.4) is 0 Å². The molecule has 1 atom stereocenters. The Bertz CT molecular complexity index is 1110. The first kappa shape index (κ1) is 17.1. The number of rotatable bonds is 4. The van der Waals surface area contributed by atoms with Crippen molar-refractivity contribution in [1.29, 1.82) is 0 Å². The van der Waals surface area contributed by atoms with Gasteiger partial charge in [0.2, 0.25) is 0 Å². The number of halogens is 2. The molecule has 1 fully saturated rings. The van der Waals surface area contributed by atoms with Gasteiger partial charge >= 0.3 is 0 Å². The van der Waals surface area contributed by atoms with Gasteiger partial charge in [-0.1, -0.05) is 11.6 Å². The van der Waals surface area contributed by atoms with Crippen LogP contribution in [-0.2, 0) is 0 Å². The van der Waals surface area contributed by atoms with E-state index in [0.717, 1.165) is 18.5 Å². The van der Waals surface area contributed by atoms with Crippen LogP contribution in [0.25, 0.3) is 5.65 Å². The SMILES string of the molecule is O=C(NC1CC1)c1cc(C2C=NN(c3cn4ccnc4cn3)C2)c(Cl)cc1F. The number of nitrogens with zero attached hydrogens (tertiary/aromatic N) is 5. The van der Waals surface area contributed by atoms with Gasteiger partial charge in [-0.25, -0.2) is 19.4 Å². The molecule has 1 saturated carbocycles. The minimum absolute atomic E-state index is 0.0103. The topological polar surface area (TPSA) is 74.9 Å². The van der Waals surface area contributed by atoms with E-state index in [9.17, 15) is 9.18 Å². The van der Waals surface area contributed by atoms with Crippen molar-refractivity contribution in [2.24, 2.45) is 5.10 Å². The quantitative estimate of drug-likeness (QED) is 0.733. The first-order valence-electron chi connectivity index (χ1n) is 8.98. The first-order valence-corrected chi connectivity index (χ1v) is 9.36. The largest absolute Gasteiger partial charge is 0.349 e. The van der Waals surface area contributed by atoms with E-state index in [0.29, 0.717) is 17.9 Å². The Morgan fingerprint density at radius 3 is 2.96 bits per heavy atom. The molecule has 0 bridgehead atoms. The number of carbonyl (C=O) groups is 1. The Morgan fingerprint density at radius 1 is 1.29 bits per heavy atom. The maximum Gasteiger partial charge on any atom is 0.254 e. The number of hydrogen-bond donors (Lipinski definition) is 1. The van der Waals surface area contributed by atoms with E-state index in [1.54, 1.807) is 23.6 Å². The Hall–Kier alpha value is -3.00. The third-order valence-corrected chi connectivity index (χ3v) is 5.26. The van der Waals surface area contributed by atoms with Crippen LogP contribution in [0.4, 0.5) is 10.2 Å². The zero-order valence-electron chi connectivity index (χ0n) is 14.7. The van der Waals surface area contributed by atoms with Crippen molar-refractivity contribution in [3.05, 3.63) is 58.9 Å². The van der Waals surface area contributed by atoms with Crippen LogP contribution in [0, 0.1) is 5.82 Å². The second kappa shape index (κ2) is 6.56. The van der Waals surface area contributed by atoms with Crippen molar-refractivity contribution in [3.63, 3.8) is 0 Å². The lowest BCUT2D eigenvalue weighted by atomic mass is 9.98. The molecule has 0 saturated heterocycles. The lowest BCUT2D eigenvalue weighted by molar-refractivity contribution is 0.0947. The normalized spacial score (nSPS) is 18.8. The number of amides is 1. The average molecular weight is 399 g/mol. The van der Waals surface area contributed by atoms with Crippen molar-refractivity contribution in [1.82, 2.24) is 19.7 Å². The fourth-order valence-corrected chi connectivity index (χ4v) is 3.53. The number of hydrazone groups is 1. The van der Waals surface area contributed by atoms with Crippen LogP contribution in [0.1, 0.15) is 34.7 Å². The minimum Gasteiger partial charge on any atom is -0.349 e. The molecule has 28 heavy (non-hydrogen) atoms. The molecule has 1 N–H and O–H groups in total. The molecule has 0 spiro atoms. The molecule has 3 heterocycles. The van der Waals surface area contributed by atoms with E-state index in [1.165, 1.54) is 12.1 Å². The molecule has 1 amide bonds. The number of fused-ring (bicyclic) bond motifs is 1. The summed E-state index contributed by atoms with van der Waals surface area (Å²) in [6, 6.07) is 2.88. The lowest BCUT2D eigenvalue weighted by Crippen LogP contribution is -2.26. The summed E-state index contributed by atoms with van der Waals surface area (Å²) in [5, 5.41) is 9.24. The highest BCUT2D eigenvalue weighted by Crippen LogP contribution is 2.31. The molecule has 1 aromatic carbocycles. The molecule has 2 aromatic heterocycles. The fraction of sp³-hybridized carbons (Fsp3) is 0.263. The van der Waals surface area contributed by atoms with E-state index in [4.69, 9.17) is 11.6 Å². The third kappa shape index (κ3) is 3.09. The lowest BCUT2D eigenvalue weighted by Gasteiger charge is -2.17. The van der Waals surface area contributed by atoms with E-state index in [1.807, 2.05) is 16.8 Å². The van der Waals surface area contributed by atoms with Crippen LogP contribution in [-0.4, -0.2) is 39.1 Å². The summed E-state index contributed by atoms with van der Waals surface area (Å²) in [5.41, 5.74) is 1.42. The summed E-state index contributed by atoms with van der Waals surface area (Å²) in [6.07, 6.45) is 10.6. The Balaban J connectivity index is 1.40. The highest BCUT2D eigenvalue weighted by Gasteiger charge is 2.28. The van der Waals surface area contributed by atoms with Gasteiger partial charge in [0, 0.05) is 35.6 Å². The van der Waals surface area contributed by atoms with Crippen LogP contribution in [0.15, 0.2) is 42.0 Å². The zero-order chi connectivity index (χ0) is 19.3. The summed E-state index contributed by atoms with van der Waals surface area (Å²) < 4.78 is 16.1. The van der Waals surface area contributed by atoms with Crippen LogP contribution in [0.5, 0.6) is 0 Å². The van der Waals surface area contributed by atoms with Crippen molar-refractivity contribution < 1.29 is 9.18 Å². The van der Waals surface area contributed by atoms with Gasteiger partial charge in [0.15, 0.2) is 11.5 Å². The molecular formula is C19H16ClFN6O. The maximum absolute atomic E-state index is 14.3. The average Bonchev–Trinajstić information content (AvgIpc) is 3.17. The van der Waals surface area contributed by atoms with Gasteiger partial charge in [0.25, 0.3) is 5.91 Å². The molecule has 5 rings (SSSR count). The predicted octanol–water partition coefficient (Wildman–Crippen LogP) is 3.00. The minimum atomic E-state index is -0.620. The second-order valence-electron chi connectivity index (χ2n) is 6.99. The first-order chi connectivity index (χ1) is 13.6. The van der Waals surface area contributed by atoms with E-state index >= 15 is 0 Å². The summed E-state index contributed by atoms with van der Waals surface area (Å²) in [7, 11) is 0. The summed E-state index contributed by atoms with van der Waals surface area (Å²) in [5.74, 6) is -0.544. The molecule has 0 radical (unpaired) electrons. The van der Waals surface area contributed by atoms with Gasteiger partial charge < -0.3 is 9.72 Å². The second-order valence-corrected chi connectivity index (χ2v) is 7.40. The molecule has 1 aliphatic carbocycles. The van der Waals surface area contributed by atoms with Crippen molar-refractivity contribution in [2.45, 2.75) is 24.8 Å².